The van der Waals surface area contributed by atoms with E-state index in [9.17, 15) is 34.4 Å². The molecule has 0 atom stereocenters. The third-order valence-electron chi connectivity index (χ3n) is 5.13. The molecule has 0 aromatic heterocycles. The molecule has 0 heterocycles. The Kier molecular flexibility index (Phi) is 8.00. The van der Waals surface area contributed by atoms with Crippen molar-refractivity contribution in [1.29, 1.82) is 0 Å². The fraction of sp³-hybridized carbons (Fsp3) is 0.0769. The van der Waals surface area contributed by atoms with Crippen LogP contribution in [0.25, 0.3) is 0 Å². The number of aryl methyl sites for hydroxylation is 2. The third-order valence-corrected chi connectivity index (χ3v) is 8.66. The van der Waals surface area contributed by atoms with Gasteiger partial charge in [-0.1, -0.05) is 0 Å². The van der Waals surface area contributed by atoms with Crippen LogP contribution in [0.15, 0.2) is 105 Å². The molecular formula is C26H20F4O4S2. The van der Waals surface area contributed by atoms with E-state index < -0.39 is 42.9 Å². The fourth-order valence-corrected chi connectivity index (χ4v) is 5.76. The zero-order valence-corrected chi connectivity index (χ0v) is 20.7. The van der Waals surface area contributed by atoms with Crippen LogP contribution in [0.5, 0.6) is 0 Å². The number of halogens is 4. The van der Waals surface area contributed by atoms with Gasteiger partial charge >= 0.3 is 0 Å². The third kappa shape index (κ3) is 6.00. The molecule has 36 heavy (non-hydrogen) atoms. The van der Waals surface area contributed by atoms with Gasteiger partial charge in [-0.3, -0.25) is 0 Å². The zero-order chi connectivity index (χ0) is 26.7. The second-order valence-corrected chi connectivity index (χ2v) is 11.6. The van der Waals surface area contributed by atoms with Crippen LogP contribution < -0.4 is 0 Å². The van der Waals surface area contributed by atoms with Crippen molar-refractivity contribution in [3.8, 4) is 0 Å². The van der Waals surface area contributed by atoms with Crippen molar-refractivity contribution in [2.24, 2.45) is 0 Å². The molecule has 0 unspecified atom stereocenters. The fourth-order valence-electron chi connectivity index (χ4n) is 3.07. The Labute approximate surface area is 206 Å². The van der Waals surface area contributed by atoms with Gasteiger partial charge in [-0.05, 0) is 110 Å². The number of sulfone groups is 2. The molecule has 4 rings (SSSR count). The van der Waals surface area contributed by atoms with Crippen molar-refractivity contribution in [3.05, 3.63) is 119 Å². The molecule has 0 radical (unpaired) electrons. The Bertz CT molecular complexity index is 1480. The highest BCUT2D eigenvalue weighted by molar-refractivity contribution is 7.91. The van der Waals surface area contributed by atoms with Crippen molar-refractivity contribution in [2.45, 2.75) is 33.4 Å². The molecule has 10 heteroatoms. The predicted molar refractivity (Wildman–Crippen MR) is 126 cm³/mol. The second kappa shape index (κ2) is 10.6. The first-order chi connectivity index (χ1) is 16.8. The van der Waals surface area contributed by atoms with E-state index in [1.54, 1.807) is 0 Å². The summed E-state index contributed by atoms with van der Waals surface area (Å²) in [5.41, 5.74) is 0.497. The minimum absolute atomic E-state index is 0.00647. The van der Waals surface area contributed by atoms with Crippen molar-refractivity contribution in [3.63, 3.8) is 0 Å². The molecule has 0 aliphatic rings. The molecule has 0 bridgehead atoms. The van der Waals surface area contributed by atoms with E-state index in [2.05, 4.69) is 0 Å². The molecule has 188 valence electrons. The van der Waals surface area contributed by atoms with Crippen molar-refractivity contribution >= 4 is 19.7 Å². The Hall–Kier alpha value is -3.50. The normalized spacial score (nSPS) is 11.5. The lowest BCUT2D eigenvalue weighted by Gasteiger charge is -2.06. The quantitative estimate of drug-likeness (QED) is 0.230. The average molecular weight is 537 g/mol. The topological polar surface area (TPSA) is 68.3 Å². The molecule has 0 fully saturated rings. The van der Waals surface area contributed by atoms with Gasteiger partial charge < -0.3 is 0 Å². The van der Waals surface area contributed by atoms with E-state index in [0.717, 1.165) is 36.4 Å². The predicted octanol–water partition coefficient (Wildman–Crippen LogP) is 6.21. The largest absolute Gasteiger partial charge is 0.219 e. The van der Waals surface area contributed by atoms with Gasteiger partial charge in [0.1, 0.15) is 23.3 Å². The van der Waals surface area contributed by atoms with Crippen LogP contribution in [0, 0.1) is 37.1 Å². The highest BCUT2D eigenvalue weighted by Gasteiger charge is 2.19. The summed E-state index contributed by atoms with van der Waals surface area (Å²) in [6.07, 6.45) is 0. The molecule has 4 aromatic rings. The number of hydrogen-bond donors (Lipinski definition) is 0. The number of benzene rings is 4. The first kappa shape index (κ1) is 27.1. The minimum Gasteiger partial charge on any atom is -0.219 e. The number of rotatable bonds is 4. The summed E-state index contributed by atoms with van der Waals surface area (Å²) in [5.74, 6) is -1.95. The molecule has 4 aromatic carbocycles. The van der Waals surface area contributed by atoms with Crippen molar-refractivity contribution in [1.82, 2.24) is 0 Å². The lowest BCUT2D eigenvalue weighted by Crippen LogP contribution is -2.03. The Balaban J connectivity index is 0.000000201. The van der Waals surface area contributed by atoms with Gasteiger partial charge in [0.15, 0.2) is 0 Å². The SMILES string of the molecule is Cc1cc(S(=O)(=O)c2ccc(F)cc2)ccc1F.Cc1cc(S(=O)(=O)c2ccc(F)cc2)ccc1F. The van der Waals surface area contributed by atoms with Crippen LogP contribution in [-0.4, -0.2) is 16.8 Å². The Morgan fingerprint density at radius 3 is 1.00 bits per heavy atom. The van der Waals surface area contributed by atoms with E-state index in [4.69, 9.17) is 0 Å². The summed E-state index contributed by atoms with van der Waals surface area (Å²) in [6.45, 7) is 2.97. The summed E-state index contributed by atoms with van der Waals surface area (Å²) in [4.78, 5) is -0.0502. The first-order valence-corrected chi connectivity index (χ1v) is 13.3. The highest BCUT2D eigenvalue weighted by atomic mass is 32.2. The molecule has 0 saturated carbocycles. The van der Waals surface area contributed by atoms with Gasteiger partial charge in [0.2, 0.25) is 19.7 Å². The van der Waals surface area contributed by atoms with Crippen LogP contribution in [0.3, 0.4) is 0 Å². The molecule has 0 amide bonds. The van der Waals surface area contributed by atoms with Gasteiger partial charge in [-0.15, -0.1) is 0 Å². The number of hydrogen-bond acceptors (Lipinski definition) is 4. The molecule has 0 spiro atoms. The first-order valence-electron chi connectivity index (χ1n) is 10.4. The Morgan fingerprint density at radius 2 is 0.722 bits per heavy atom. The van der Waals surface area contributed by atoms with E-state index in [0.29, 0.717) is 0 Å². The van der Waals surface area contributed by atoms with Gasteiger partial charge in [-0.2, -0.15) is 0 Å². The molecule has 0 saturated heterocycles. The molecule has 4 nitrogen and oxygen atoms in total. The van der Waals surface area contributed by atoms with Crippen LogP contribution in [0.4, 0.5) is 17.6 Å². The van der Waals surface area contributed by atoms with Crippen LogP contribution in [0.1, 0.15) is 11.1 Å². The lowest BCUT2D eigenvalue weighted by molar-refractivity contribution is 0.590. The lowest BCUT2D eigenvalue weighted by atomic mass is 10.2. The van der Waals surface area contributed by atoms with E-state index in [-0.39, 0.29) is 30.7 Å². The molecule has 0 aliphatic heterocycles. The maximum Gasteiger partial charge on any atom is 0.206 e. The highest BCUT2D eigenvalue weighted by Crippen LogP contribution is 2.24. The molecular weight excluding hydrogens is 516 g/mol. The monoisotopic (exact) mass is 536 g/mol. The average Bonchev–Trinajstić information content (AvgIpc) is 2.83. The summed E-state index contributed by atoms with van der Waals surface area (Å²) in [7, 11) is -7.46. The summed E-state index contributed by atoms with van der Waals surface area (Å²) in [6, 6.07) is 16.1. The summed E-state index contributed by atoms with van der Waals surface area (Å²) >= 11 is 0. The van der Waals surface area contributed by atoms with E-state index in [1.165, 1.54) is 62.4 Å². The summed E-state index contributed by atoms with van der Waals surface area (Å²) < 4.78 is 100. The van der Waals surface area contributed by atoms with Crippen molar-refractivity contribution in [2.75, 3.05) is 0 Å². The van der Waals surface area contributed by atoms with Gasteiger partial charge in [-0.25, -0.2) is 34.4 Å². The zero-order valence-electron chi connectivity index (χ0n) is 19.0. The Morgan fingerprint density at radius 1 is 0.444 bits per heavy atom. The van der Waals surface area contributed by atoms with Gasteiger partial charge in [0.25, 0.3) is 0 Å². The summed E-state index contributed by atoms with van der Waals surface area (Å²) in [5, 5.41) is 0. The van der Waals surface area contributed by atoms with Crippen LogP contribution in [-0.2, 0) is 19.7 Å². The van der Waals surface area contributed by atoms with E-state index >= 15 is 0 Å². The van der Waals surface area contributed by atoms with Crippen LogP contribution in [0.2, 0.25) is 0 Å². The van der Waals surface area contributed by atoms with E-state index in [1.807, 2.05) is 0 Å². The smallest absolute Gasteiger partial charge is 0.206 e. The maximum atomic E-state index is 13.1. The van der Waals surface area contributed by atoms with Gasteiger partial charge in [0, 0.05) is 0 Å². The molecule has 0 aliphatic carbocycles. The molecule has 0 N–H and O–H groups in total. The van der Waals surface area contributed by atoms with Crippen molar-refractivity contribution < 1.29 is 34.4 Å². The second-order valence-electron chi connectivity index (χ2n) is 7.74. The minimum atomic E-state index is -3.73. The standard InChI is InChI=1S/2C13H10F2O2S/c2*1-9-8-12(6-7-13(9)15)18(16,17)11-4-2-10(14)3-5-11/h2*2-8H,1H3. The van der Waals surface area contributed by atoms with Crippen LogP contribution >= 0.6 is 0 Å². The van der Waals surface area contributed by atoms with Gasteiger partial charge in [0.05, 0.1) is 19.6 Å². The maximum absolute atomic E-state index is 13.1.